The van der Waals surface area contributed by atoms with E-state index >= 15 is 0 Å². The molecule has 0 radical (unpaired) electrons. The zero-order chi connectivity index (χ0) is 24.0. The third kappa shape index (κ3) is 3.58. The Bertz CT molecular complexity index is 1210. The molecule has 3 aromatic heterocycles. The summed E-state index contributed by atoms with van der Waals surface area (Å²) in [7, 11) is 1.59. The van der Waals surface area contributed by atoms with Gasteiger partial charge in [0, 0.05) is 29.8 Å². The predicted molar refractivity (Wildman–Crippen MR) is 110 cm³/mol. The number of nitrogens with zero attached hydrogens (tertiary/aromatic N) is 6. The van der Waals surface area contributed by atoms with E-state index < -0.39 is 12.6 Å². The molecule has 1 fully saturated rings. The van der Waals surface area contributed by atoms with E-state index in [9.17, 15) is 5.26 Å². The van der Waals surface area contributed by atoms with Gasteiger partial charge in [-0.2, -0.15) is 10.2 Å². The highest BCUT2D eigenvalue weighted by atomic mass is 16.6. The Morgan fingerprint density at radius 2 is 2.37 bits per heavy atom. The summed E-state index contributed by atoms with van der Waals surface area (Å²) in [6.07, 6.45) is 2.64. The van der Waals surface area contributed by atoms with E-state index in [0.29, 0.717) is 35.6 Å². The summed E-state index contributed by atoms with van der Waals surface area (Å²) in [6.45, 7) is 3.97. The molecule has 0 bridgehead atoms. The van der Waals surface area contributed by atoms with Crippen LogP contribution in [-0.4, -0.2) is 56.3 Å². The number of rotatable bonds is 7. The standard InChI is InChI=1S/C20H25N7O3/c1-12(10-28-5)27-14(7-21)6-13-8-22-19(24-17(13)27)23-15-9-26(4)25-18(15)30-16-11-29-20(16,2)3/h6,8-9,12,16H,10-11H2,1-5H3,(H,22,23,24)/t12-,16?/m0/s1/i4D3. The lowest BCUT2D eigenvalue weighted by atomic mass is 9.96. The van der Waals surface area contributed by atoms with E-state index in [4.69, 9.17) is 18.3 Å². The normalized spacial score (nSPS) is 20.5. The Morgan fingerprint density at radius 3 is 3.00 bits per heavy atom. The number of hydrogen-bond donors (Lipinski definition) is 1. The number of aromatic nitrogens is 5. The van der Waals surface area contributed by atoms with E-state index in [1.165, 1.54) is 6.20 Å². The summed E-state index contributed by atoms with van der Waals surface area (Å²) in [4.78, 5) is 8.89. The molecule has 10 heteroatoms. The van der Waals surface area contributed by atoms with Gasteiger partial charge in [0.15, 0.2) is 6.10 Å². The minimum atomic E-state index is -2.49. The Kier molecular flexibility index (Phi) is 4.20. The fourth-order valence-corrected chi connectivity index (χ4v) is 3.36. The molecule has 1 aliphatic rings. The van der Waals surface area contributed by atoms with Crippen LogP contribution in [0, 0.1) is 11.3 Å². The second-order valence-electron chi connectivity index (χ2n) is 7.73. The van der Waals surface area contributed by atoms with Crippen molar-refractivity contribution in [2.45, 2.75) is 38.5 Å². The zero-order valence-electron chi connectivity index (χ0n) is 20.2. The van der Waals surface area contributed by atoms with Crippen molar-refractivity contribution < 1.29 is 18.3 Å². The molecule has 0 saturated carbocycles. The van der Waals surface area contributed by atoms with Gasteiger partial charge in [0.25, 0.3) is 5.88 Å². The van der Waals surface area contributed by atoms with Crippen LogP contribution in [0.5, 0.6) is 5.88 Å². The molecule has 2 atom stereocenters. The van der Waals surface area contributed by atoms with Crippen LogP contribution in [0.3, 0.4) is 0 Å². The summed E-state index contributed by atoms with van der Waals surface area (Å²) >= 11 is 0. The number of methoxy groups -OCH3 is 1. The lowest BCUT2D eigenvalue weighted by Gasteiger charge is -2.43. The molecule has 0 spiro atoms. The monoisotopic (exact) mass is 414 g/mol. The van der Waals surface area contributed by atoms with Crippen LogP contribution >= 0.6 is 0 Å². The molecule has 1 unspecified atom stereocenters. The average Bonchev–Trinajstić information content (AvgIpc) is 3.32. The van der Waals surface area contributed by atoms with Crippen molar-refractivity contribution in [1.82, 2.24) is 24.3 Å². The fraction of sp³-hybridized carbons (Fsp3) is 0.500. The number of aryl methyl sites for hydroxylation is 1. The van der Waals surface area contributed by atoms with Gasteiger partial charge in [0.05, 0.1) is 25.5 Å². The van der Waals surface area contributed by atoms with Crippen molar-refractivity contribution in [1.29, 1.82) is 5.26 Å². The molecule has 0 amide bonds. The topological polar surface area (TPSA) is 112 Å². The third-order valence-corrected chi connectivity index (χ3v) is 5.10. The van der Waals surface area contributed by atoms with Crippen LogP contribution in [0.1, 0.15) is 36.6 Å². The highest BCUT2D eigenvalue weighted by molar-refractivity contribution is 5.79. The van der Waals surface area contributed by atoms with Crippen LogP contribution in [-0.2, 0) is 16.4 Å². The molecule has 1 saturated heterocycles. The molecule has 1 aliphatic heterocycles. The third-order valence-electron chi connectivity index (χ3n) is 5.10. The van der Waals surface area contributed by atoms with E-state index in [2.05, 4.69) is 26.5 Å². The first-order chi connectivity index (χ1) is 15.5. The number of fused-ring (bicyclic) bond motifs is 1. The van der Waals surface area contributed by atoms with Crippen LogP contribution in [0.4, 0.5) is 11.6 Å². The summed E-state index contributed by atoms with van der Waals surface area (Å²) in [5, 5.41) is 17.4. The van der Waals surface area contributed by atoms with E-state index in [1.807, 2.05) is 20.8 Å². The van der Waals surface area contributed by atoms with Crippen molar-refractivity contribution in [2.75, 3.05) is 25.6 Å². The summed E-state index contributed by atoms with van der Waals surface area (Å²) in [5.41, 5.74) is 0.777. The van der Waals surface area contributed by atoms with Gasteiger partial charge in [-0.15, -0.1) is 5.10 Å². The lowest BCUT2D eigenvalue weighted by Crippen LogP contribution is -2.56. The number of nitriles is 1. The number of anilines is 2. The molecule has 3 aromatic rings. The van der Waals surface area contributed by atoms with Gasteiger partial charge < -0.3 is 24.1 Å². The highest BCUT2D eigenvalue weighted by Gasteiger charge is 2.43. The lowest BCUT2D eigenvalue weighted by molar-refractivity contribution is -0.208. The van der Waals surface area contributed by atoms with Gasteiger partial charge in [-0.1, -0.05) is 0 Å². The van der Waals surface area contributed by atoms with Crippen LogP contribution in [0.15, 0.2) is 18.5 Å². The van der Waals surface area contributed by atoms with Gasteiger partial charge in [-0.05, 0) is 26.8 Å². The first-order valence-corrected chi connectivity index (χ1v) is 9.48. The van der Waals surface area contributed by atoms with Crippen LogP contribution in [0.25, 0.3) is 11.0 Å². The summed E-state index contributed by atoms with van der Waals surface area (Å²) in [5.74, 6) is 0.312. The largest absolute Gasteiger partial charge is 0.466 e. The van der Waals surface area contributed by atoms with Crippen LogP contribution in [0.2, 0.25) is 0 Å². The maximum Gasteiger partial charge on any atom is 0.257 e. The van der Waals surface area contributed by atoms with Crippen molar-refractivity contribution >= 4 is 22.7 Å². The maximum atomic E-state index is 9.55. The van der Waals surface area contributed by atoms with Crippen molar-refractivity contribution in [2.24, 2.45) is 6.98 Å². The van der Waals surface area contributed by atoms with Gasteiger partial charge in [-0.3, -0.25) is 4.68 Å². The Morgan fingerprint density at radius 1 is 1.53 bits per heavy atom. The SMILES string of the molecule is [2H]C([2H])([2H])n1cc(Nc2ncc3cc(C#N)n([C@@H](C)COC)c3n2)c(OC2COC2(C)C)n1. The first-order valence-electron chi connectivity index (χ1n) is 11.0. The number of nitrogens with one attached hydrogen (secondary N) is 1. The summed E-state index contributed by atoms with van der Waals surface area (Å²) < 4.78 is 42.4. The zero-order valence-corrected chi connectivity index (χ0v) is 17.2. The average molecular weight is 414 g/mol. The maximum absolute atomic E-state index is 9.55. The van der Waals surface area contributed by atoms with E-state index in [-0.39, 0.29) is 24.0 Å². The van der Waals surface area contributed by atoms with Gasteiger partial charge in [0.1, 0.15) is 28.7 Å². The molecule has 4 heterocycles. The van der Waals surface area contributed by atoms with Crippen LogP contribution < -0.4 is 10.1 Å². The van der Waals surface area contributed by atoms with Crippen molar-refractivity contribution in [3.63, 3.8) is 0 Å². The van der Waals surface area contributed by atoms with Crippen molar-refractivity contribution in [3.8, 4) is 11.9 Å². The smallest absolute Gasteiger partial charge is 0.257 e. The Hall–Kier alpha value is -3.16. The van der Waals surface area contributed by atoms with E-state index in [1.54, 1.807) is 23.9 Å². The minimum absolute atomic E-state index is 0.108. The molecule has 10 nitrogen and oxygen atoms in total. The molecule has 0 aromatic carbocycles. The molecule has 4 rings (SSSR count). The minimum Gasteiger partial charge on any atom is -0.466 e. The second kappa shape index (κ2) is 7.59. The van der Waals surface area contributed by atoms with E-state index in [0.717, 1.165) is 4.68 Å². The number of ether oxygens (including phenoxy) is 3. The Balaban J connectivity index is 1.70. The summed E-state index contributed by atoms with van der Waals surface area (Å²) in [6, 6.07) is 3.75. The molecule has 30 heavy (non-hydrogen) atoms. The molecular formula is C20H25N7O3. The molecule has 0 aliphatic carbocycles. The molecular weight excluding hydrogens is 386 g/mol. The molecule has 158 valence electrons. The Labute approximate surface area is 178 Å². The highest BCUT2D eigenvalue weighted by Crippen LogP contribution is 2.33. The number of hydrogen-bond acceptors (Lipinski definition) is 8. The first kappa shape index (κ1) is 16.6. The van der Waals surface area contributed by atoms with Gasteiger partial charge >= 0.3 is 0 Å². The van der Waals surface area contributed by atoms with Crippen molar-refractivity contribution in [3.05, 3.63) is 24.2 Å². The van der Waals surface area contributed by atoms with Gasteiger partial charge in [0.2, 0.25) is 5.95 Å². The molecule has 1 N–H and O–H groups in total. The predicted octanol–water partition coefficient (Wildman–Crippen LogP) is 2.54. The fourth-order valence-electron chi connectivity index (χ4n) is 3.36. The second-order valence-corrected chi connectivity index (χ2v) is 7.73. The van der Waals surface area contributed by atoms with Gasteiger partial charge in [-0.25, -0.2) is 4.98 Å². The quantitative estimate of drug-likeness (QED) is 0.628.